The highest BCUT2D eigenvalue weighted by Crippen LogP contribution is 2.35. The molecule has 1 aliphatic heterocycles. The number of carboxylic acid groups (broad SMARTS) is 2. The second-order valence-electron chi connectivity index (χ2n) is 4.10. The van der Waals surface area contributed by atoms with E-state index in [1.165, 1.54) is 0 Å². The van der Waals surface area contributed by atoms with Crippen LogP contribution in [0, 0.1) is 0 Å². The Hall–Kier alpha value is -2.83. The van der Waals surface area contributed by atoms with Gasteiger partial charge < -0.3 is 10.2 Å². The van der Waals surface area contributed by atoms with Crippen LogP contribution in [-0.4, -0.2) is 34.5 Å². The maximum atomic E-state index is 12.1. The fourth-order valence-corrected chi connectivity index (χ4v) is 2.01. The summed E-state index contributed by atoms with van der Waals surface area (Å²) >= 11 is 0. The molecule has 0 spiro atoms. The van der Waals surface area contributed by atoms with Crippen molar-refractivity contribution in [3.05, 3.63) is 41.5 Å². The molecule has 7 nitrogen and oxygen atoms in total. The summed E-state index contributed by atoms with van der Waals surface area (Å²) in [6.07, 6.45) is 0.535. The van der Waals surface area contributed by atoms with E-state index in [1.54, 1.807) is 24.3 Å². The summed E-state index contributed by atoms with van der Waals surface area (Å²) in [4.78, 5) is 34.1. The minimum Gasteiger partial charge on any atom is -0.478 e. The zero-order valence-corrected chi connectivity index (χ0v) is 10.2. The van der Waals surface area contributed by atoms with Gasteiger partial charge in [0.05, 0.1) is 17.2 Å². The van der Waals surface area contributed by atoms with Crippen LogP contribution in [0.15, 0.2) is 46.1 Å². The fourth-order valence-electron chi connectivity index (χ4n) is 2.01. The number of hydrogen-bond acceptors (Lipinski definition) is 5. The molecule has 0 radical (unpaired) electrons. The van der Waals surface area contributed by atoms with Gasteiger partial charge in [0.15, 0.2) is 5.78 Å². The van der Waals surface area contributed by atoms with Crippen molar-refractivity contribution in [3.63, 3.8) is 0 Å². The zero-order valence-electron chi connectivity index (χ0n) is 10.2. The standard InChI is InChI=1S/C13H10N2O5/c16-10-6-14-15-9-4-2-1-3-7(9)12(10)8(13(19)20)5-11(17)18/h1-5,12H,6H2,(H,17,18)(H,19,20). The molecule has 7 heteroatoms. The SMILES string of the molecule is O=C(O)C=C(C(=O)O)C1C(=O)CN=Nc2ccccc21. The molecule has 0 saturated carbocycles. The highest BCUT2D eigenvalue weighted by Gasteiger charge is 2.32. The van der Waals surface area contributed by atoms with Crippen LogP contribution in [-0.2, 0) is 14.4 Å². The van der Waals surface area contributed by atoms with Gasteiger partial charge in [-0.1, -0.05) is 18.2 Å². The number of benzene rings is 1. The first-order valence-corrected chi connectivity index (χ1v) is 5.67. The Morgan fingerprint density at radius 1 is 1.25 bits per heavy atom. The van der Waals surface area contributed by atoms with Crippen LogP contribution in [0.4, 0.5) is 5.69 Å². The highest BCUT2D eigenvalue weighted by molar-refractivity contribution is 6.05. The monoisotopic (exact) mass is 274 g/mol. The lowest BCUT2D eigenvalue weighted by Crippen LogP contribution is -2.22. The zero-order chi connectivity index (χ0) is 14.7. The topological polar surface area (TPSA) is 116 Å². The van der Waals surface area contributed by atoms with Gasteiger partial charge in [-0.2, -0.15) is 10.2 Å². The van der Waals surface area contributed by atoms with Crippen LogP contribution in [0.2, 0.25) is 0 Å². The molecule has 0 bridgehead atoms. The summed E-state index contributed by atoms with van der Waals surface area (Å²) in [5.74, 6) is -4.57. The molecule has 102 valence electrons. The highest BCUT2D eigenvalue weighted by atomic mass is 16.4. The van der Waals surface area contributed by atoms with Crippen molar-refractivity contribution in [1.29, 1.82) is 0 Å². The van der Waals surface area contributed by atoms with E-state index in [0.717, 1.165) is 0 Å². The lowest BCUT2D eigenvalue weighted by atomic mass is 9.86. The lowest BCUT2D eigenvalue weighted by Gasteiger charge is -2.15. The van der Waals surface area contributed by atoms with Crippen LogP contribution >= 0.6 is 0 Å². The van der Waals surface area contributed by atoms with E-state index in [4.69, 9.17) is 10.2 Å². The first-order chi connectivity index (χ1) is 9.50. The van der Waals surface area contributed by atoms with Gasteiger partial charge in [-0.3, -0.25) is 4.79 Å². The van der Waals surface area contributed by atoms with Crippen LogP contribution in [0.3, 0.4) is 0 Å². The van der Waals surface area contributed by atoms with E-state index >= 15 is 0 Å². The van der Waals surface area contributed by atoms with E-state index in [2.05, 4.69) is 10.2 Å². The van der Waals surface area contributed by atoms with Gasteiger partial charge in [0, 0.05) is 6.08 Å². The normalized spacial score (nSPS) is 18.3. The number of hydrogen-bond donors (Lipinski definition) is 2. The molecular formula is C13H10N2O5. The number of carboxylic acids is 2. The molecule has 1 aliphatic rings. The van der Waals surface area contributed by atoms with Gasteiger partial charge in [0.25, 0.3) is 0 Å². The van der Waals surface area contributed by atoms with Crippen molar-refractivity contribution in [2.45, 2.75) is 5.92 Å². The number of aliphatic carboxylic acids is 2. The third-order valence-electron chi connectivity index (χ3n) is 2.81. The number of carbonyl (C=O) groups excluding carboxylic acids is 1. The Morgan fingerprint density at radius 2 is 1.95 bits per heavy atom. The Kier molecular flexibility index (Phi) is 3.69. The van der Waals surface area contributed by atoms with Crippen LogP contribution in [0.25, 0.3) is 0 Å². The molecule has 1 unspecified atom stereocenters. The molecule has 1 aromatic carbocycles. The molecule has 0 amide bonds. The number of carbonyl (C=O) groups is 3. The fraction of sp³-hybridized carbons (Fsp3) is 0.154. The molecule has 2 rings (SSSR count). The van der Waals surface area contributed by atoms with Crippen molar-refractivity contribution in [2.75, 3.05) is 6.54 Å². The molecule has 0 fully saturated rings. The number of azo groups is 1. The van der Waals surface area contributed by atoms with E-state index in [9.17, 15) is 14.4 Å². The lowest BCUT2D eigenvalue weighted by molar-refractivity contribution is -0.136. The summed E-state index contributed by atoms with van der Waals surface area (Å²) in [7, 11) is 0. The van der Waals surface area contributed by atoms with Crippen LogP contribution < -0.4 is 0 Å². The minimum atomic E-state index is -1.46. The quantitative estimate of drug-likeness (QED) is 0.810. The van der Waals surface area contributed by atoms with E-state index < -0.39 is 29.2 Å². The summed E-state index contributed by atoms with van der Waals surface area (Å²) in [5.41, 5.74) is 0.205. The number of nitrogens with zero attached hydrogens (tertiary/aromatic N) is 2. The van der Waals surface area contributed by atoms with E-state index in [-0.39, 0.29) is 6.54 Å². The Bertz CT molecular complexity index is 648. The van der Waals surface area contributed by atoms with Crippen molar-refractivity contribution in [2.24, 2.45) is 10.2 Å². The summed E-state index contributed by atoms with van der Waals surface area (Å²) in [5, 5.41) is 25.5. The number of rotatable bonds is 3. The van der Waals surface area contributed by atoms with Crippen LogP contribution in [0.5, 0.6) is 0 Å². The molecule has 20 heavy (non-hydrogen) atoms. The van der Waals surface area contributed by atoms with E-state index in [1.807, 2.05) is 0 Å². The average Bonchev–Trinajstić information content (AvgIpc) is 2.54. The van der Waals surface area contributed by atoms with Crippen molar-refractivity contribution < 1.29 is 24.6 Å². The van der Waals surface area contributed by atoms with Crippen molar-refractivity contribution in [3.8, 4) is 0 Å². The van der Waals surface area contributed by atoms with Gasteiger partial charge in [-0.15, -0.1) is 0 Å². The summed E-state index contributed by atoms with van der Waals surface area (Å²) in [6, 6.07) is 6.43. The second kappa shape index (κ2) is 5.43. The predicted molar refractivity (Wildman–Crippen MR) is 66.9 cm³/mol. The van der Waals surface area contributed by atoms with E-state index in [0.29, 0.717) is 17.3 Å². The molecule has 1 atom stereocenters. The minimum absolute atomic E-state index is 0.288. The molecule has 1 aromatic rings. The average molecular weight is 274 g/mol. The summed E-state index contributed by atoms with van der Waals surface area (Å²) in [6.45, 7) is -0.288. The molecule has 0 aromatic heterocycles. The Labute approximate surface area is 113 Å². The largest absolute Gasteiger partial charge is 0.478 e. The van der Waals surface area contributed by atoms with Crippen LogP contribution in [0.1, 0.15) is 11.5 Å². The van der Waals surface area contributed by atoms with Crippen molar-refractivity contribution >= 4 is 23.4 Å². The first kappa shape index (κ1) is 13.6. The van der Waals surface area contributed by atoms with Gasteiger partial charge >= 0.3 is 11.9 Å². The maximum absolute atomic E-state index is 12.1. The summed E-state index contributed by atoms with van der Waals surface area (Å²) < 4.78 is 0. The van der Waals surface area contributed by atoms with Gasteiger partial charge in [0.1, 0.15) is 6.54 Å². The number of ketones is 1. The number of fused-ring (bicyclic) bond motifs is 1. The molecule has 1 heterocycles. The van der Waals surface area contributed by atoms with Crippen molar-refractivity contribution in [1.82, 2.24) is 0 Å². The molecule has 0 aliphatic carbocycles. The molecule has 0 saturated heterocycles. The molecule has 2 N–H and O–H groups in total. The Morgan fingerprint density at radius 3 is 2.60 bits per heavy atom. The third-order valence-corrected chi connectivity index (χ3v) is 2.81. The van der Waals surface area contributed by atoms with Gasteiger partial charge in [-0.25, -0.2) is 9.59 Å². The Balaban J connectivity index is 2.62. The second-order valence-corrected chi connectivity index (χ2v) is 4.10. The van der Waals surface area contributed by atoms with Gasteiger partial charge in [0.2, 0.25) is 0 Å². The van der Waals surface area contributed by atoms with Gasteiger partial charge in [-0.05, 0) is 11.6 Å². The smallest absolute Gasteiger partial charge is 0.332 e. The third kappa shape index (κ3) is 2.61. The maximum Gasteiger partial charge on any atom is 0.332 e. The number of Topliss-reactive ketones (excluding diaryl/α,β-unsaturated/α-hetero) is 1. The molecular weight excluding hydrogens is 264 g/mol. The first-order valence-electron chi connectivity index (χ1n) is 5.67. The predicted octanol–water partition coefficient (Wildman–Crippen LogP) is 1.53.